The molecule has 0 bridgehead atoms. The summed E-state index contributed by atoms with van der Waals surface area (Å²) in [4.78, 5) is 8.21. The maximum atomic E-state index is 10.1. The molecular formula is C10H10BrN3O. The van der Waals surface area contributed by atoms with Crippen LogP contribution in [0, 0.1) is 0 Å². The average molecular weight is 268 g/mol. The number of hydrogen-bond donors (Lipinski definition) is 1. The molecule has 15 heavy (non-hydrogen) atoms. The first-order valence-electron chi connectivity index (χ1n) is 4.46. The normalized spacial score (nSPS) is 12.7. The average Bonchev–Trinajstić information content (AvgIpc) is 2.64. The topological polar surface area (TPSA) is 50.9 Å². The maximum absolute atomic E-state index is 10.1. The second-order valence-corrected chi connectivity index (χ2v) is 4.02. The zero-order valence-electron chi connectivity index (χ0n) is 8.13. The standard InChI is InChI=1S/C10H10BrN3O/c1-14-6-5-13-10(14)9(15)8-7(11)3-2-4-12-8/h2-6,9,15H,1H3. The number of halogens is 1. The van der Waals surface area contributed by atoms with Crippen LogP contribution in [0.3, 0.4) is 0 Å². The molecule has 2 heterocycles. The molecule has 78 valence electrons. The Morgan fingerprint density at radius 3 is 2.80 bits per heavy atom. The summed E-state index contributed by atoms with van der Waals surface area (Å²) >= 11 is 3.35. The number of pyridine rings is 1. The van der Waals surface area contributed by atoms with E-state index in [-0.39, 0.29) is 0 Å². The quantitative estimate of drug-likeness (QED) is 0.901. The lowest BCUT2D eigenvalue weighted by atomic mass is 10.2. The van der Waals surface area contributed by atoms with Gasteiger partial charge in [-0.15, -0.1) is 0 Å². The lowest BCUT2D eigenvalue weighted by molar-refractivity contribution is 0.200. The van der Waals surface area contributed by atoms with Gasteiger partial charge in [-0.1, -0.05) is 0 Å². The van der Waals surface area contributed by atoms with E-state index >= 15 is 0 Å². The number of nitrogens with zero attached hydrogens (tertiary/aromatic N) is 3. The largest absolute Gasteiger partial charge is 0.379 e. The molecular weight excluding hydrogens is 258 g/mol. The summed E-state index contributed by atoms with van der Waals surface area (Å²) in [5.74, 6) is 0.578. The van der Waals surface area contributed by atoms with E-state index in [1.165, 1.54) is 0 Å². The van der Waals surface area contributed by atoms with Crippen LogP contribution < -0.4 is 0 Å². The smallest absolute Gasteiger partial charge is 0.155 e. The molecule has 0 aliphatic rings. The summed E-state index contributed by atoms with van der Waals surface area (Å²) in [6.45, 7) is 0. The van der Waals surface area contributed by atoms with Crippen molar-refractivity contribution in [2.75, 3.05) is 0 Å². The highest BCUT2D eigenvalue weighted by atomic mass is 79.9. The van der Waals surface area contributed by atoms with Crippen LogP contribution in [-0.2, 0) is 7.05 Å². The van der Waals surface area contributed by atoms with Gasteiger partial charge >= 0.3 is 0 Å². The molecule has 0 fully saturated rings. The van der Waals surface area contributed by atoms with Crippen LogP contribution in [0.25, 0.3) is 0 Å². The van der Waals surface area contributed by atoms with Crippen LogP contribution in [0.2, 0.25) is 0 Å². The molecule has 0 aliphatic carbocycles. The first-order chi connectivity index (χ1) is 7.20. The third kappa shape index (κ3) is 1.93. The molecule has 2 aromatic rings. The van der Waals surface area contributed by atoms with Gasteiger partial charge in [0.25, 0.3) is 0 Å². The Kier molecular flexibility index (Phi) is 2.83. The van der Waals surface area contributed by atoms with Crippen LogP contribution in [0.5, 0.6) is 0 Å². The zero-order chi connectivity index (χ0) is 10.8. The molecule has 2 aromatic heterocycles. The van der Waals surface area contributed by atoms with Gasteiger partial charge in [0.05, 0.1) is 5.69 Å². The number of aliphatic hydroxyl groups excluding tert-OH is 1. The van der Waals surface area contributed by atoms with Gasteiger partial charge in [0.2, 0.25) is 0 Å². The SMILES string of the molecule is Cn1ccnc1C(O)c1ncccc1Br. The van der Waals surface area contributed by atoms with Crippen molar-refractivity contribution in [3.05, 3.63) is 46.7 Å². The van der Waals surface area contributed by atoms with Crippen molar-refractivity contribution in [1.82, 2.24) is 14.5 Å². The number of aryl methyl sites for hydroxylation is 1. The van der Waals surface area contributed by atoms with Gasteiger partial charge in [0.1, 0.15) is 5.82 Å². The van der Waals surface area contributed by atoms with E-state index in [9.17, 15) is 5.11 Å². The lowest BCUT2D eigenvalue weighted by Gasteiger charge is -2.11. The predicted molar refractivity (Wildman–Crippen MR) is 59.2 cm³/mol. The highest BCUT2D eigenvalue weighted by molar-refractivity contribution is 9.10. The zero-order valence-corrected chi connectivity index (χ0v) is 9.72. The van der Waals surface area contributed by atoms with Gasteiger partial charge in [0.15, 0.2) is 6.10 Å². The monoisotopic (exact) mass is 267 g/mol. The molecule has 1 N–H and O–H groups in total. The van der Waals surface area contributed by atoms with E-state index < -0.39 is 6.10 Å². The third-order valence-corrected chi connectivity index (χ3v) is 2.82. The first-order valence-corrected chi connectivity index (χ1v) is 5.25. The molecule has 0 saturated carbocycles. The van der Waals surface area contributed by atoms with E-state index in [2.05, 4.69) is 25.9 Å². The van der Waals surface area contributed by atoms with Gasteiger partial charge in [-0.25, -0.2) is 4.98 Å². The van der Waals surface area contributed by atoms with E-state index in [0.717, 1.165) is 4.47 Å². The summed E-state index contributed by atoms with van der Waals surface area (Å²) in [6, 6.07) is 3.65. The highest BCUT2D eigenvalue weighted by Gasteiger charge is 2.18. The molecule has 0 aliphatic heterocycles. The summed E-state index contributed by atoms with van der Waals surface area (Å²) < 4.78 is 2.55. The Morgan fingerprint density at radius 2 is 2.20 bits per heavy atom. The van der Waals surface area contributed by atoms with Gasteiger partial charge in [0, 0.05) is 30.1 Å². The van der Waals surface area contributed by atoms with Crippen molar-refractivity contribution in [1.29, 1.82) is 0 Å². The van der Waals surface area contributed by atoms with E-state index in [4.69, 9.17) is 0 Å². The van der Waals surface area contributed by atoms with Gasteiger partial charge in [-0.2, -0.15) is 0 Å². The summed E-state index contributed by atoms with van der Waals surface area (Å²) in [5.41, 5.74) is 0.576. The van der Waals surface area contributed by atoms with Crippen LogP contribution >= 0.6 is 15.9 Å². The van der Waals surface area contributed by atoms with Gasteiger partial charge < -0.3 is 9.67 Å². The van der Waals surface area contributed by atoms with Gasteiger partial charge in [-0.05, 0) is 28.1 Å². The maximum Gasteiger partial charge on any atom is 0.155 e. The number of aliphatic hydroxyl groups is 1. The van der Waals surface area contributed by atoms with E-state index in [1.807, 2.05) is 13.1 Å². The molecule has 0 radical (unpaired) electrons. The Morgan fingerprint density at radius 1 is 1.40 bits per heavy atom. The second kappa shape index (κ2) is 4.12. The Balaban J connectivity index is 2.41. The van der Waals surface area contributed by atoms with E-state index in [1.54, 1.807) is 29.2 Å². The van der Waals surface area contributed by atoms with Crippen LogP contribution in [-0.4, -0.2) is 19.6 Å². The highest BCUT2D eigenvalue weighted by Crippen LogP contribution is 2.24. The molecule has 1 unspecified atom stereocenters. The predicted octanol–water partition coefficient (Wildman–Crippen LogP) is 1.66. The lowest BCUT2D eigenvalue weighted by Crippen LogP contribution is -2.09. The van der Waals surface area contributed by atoms with Crippen molar-refractivity contribution in [2.45, 2.75) is 6.10 Å². The first kappa shape index (κ1) is 10.3. The molecule has 0 aromatic carbocycles. The van der Waals surface area contributed by atoms with Crippen molar-refractivity contribution in [3.63, 3.8) is 0 Å². The molecule has 4 nitrogen and oxygen atoms in total. The third-order valence-electron chi connectivity index (χ3n) is 2.15. The number of imidazole rings is 1. The van der Waals surface area contributed by atoms with Crippen LogP contribution in [0.4, 0.5) is 0 Å². The number of hydrogen-bond acceptors (Lipinski definition) is 3. The Bertz CT molecular complexity index is 469. The molecule has 2 rings (SSSR count). The van der Waals surface area contributed by atoms with Gasteiger partial charge in [-0.3, -0.25) is 4.98 Å². The Labute approximate surface area is 95.7 Å². The minimum atomic E-state index is -0.805. The van der Waals surface area contributed by atoms with Crippen molar-refractivity contribution in [2.24, 2.45) is 7.05 Å². The van der Waals surface area contributed by atoms with E-state index in [0.29, 0.717) is 11.5 Å². The molecule has 0 amide bonds. The fourth-order valence-electron chi connectivity index (χ4n) is 1.36. The summed E-state index contributed by atoms with van der Waals surface area (Å²) in [6.07, 6.45) is 4.28. The number of rotatable bonds is 2. The Hall–Kier alpha value is -1.20. The van der Waals surface area contributed by atoms with Crippen molar-refractivity contribution >= 4 is 15.9 Å². The summed E-state index contributed by atoms with van der Waals surface area (Å²) in [7, 11) is 1.84. The van der Waals surface area contributed by atoms with Crippen molar-refractivity contribution in [3.8, 4) is 0 Å². The van der Waals surface area contributed by atoms with Crippen molar-refractivity contribution < 1.29 is 5.11 Å². The fourth-order valence-corrected chi connectivity index (χ4v) is 1.83. The molecule has 1 atom stereocenters. The molecule has 0 saturated heterocycles. The van der Waals surface area contributed by atoms with Crippen LogP contribution in [0.15, 0.2) is 35.2 Å². The molecule has 5 heteroatoms. The summed E-state index contributed by atoms with van der Waals surface area (Å²) in [5, 5.41) is 10.1. The minimum Gasteiger partial charge on any atom is -0.379 e. The second-order valence-electron chi connectivity index (χ2n) is 3.17. The van der Waals surface area contributed by atoms with Crippen LogP contribution in [0.1, 0.15) is 17.6 Å². The molecule has 0 spiro atoms. The fraction of sp³-hybridized carbons (Fsp3) is 0.200. The number of aromatic nitrogens is 3. The minimum absolute atomic E-state index is 0.576.